The van der Waals surface area contributed by atoms with E-state index in [-0.39, 0.29) is 96.4 Å². The smallest absolute Gasteiger partial charge is 0.324 e. The molecule has 1 aromatic carbocycles. The Labute approximate surface area is 456 Å². The van der Waals surface area contributed by atoms with E-state index in [2.05, 4.69) is 66.9 Å². The minimum absolute atomic E-state index is 0. The molecule has 4 aliphatic rings. The van der Waals surface area contributed by atoms with E-state index in [4.69, 9.17) is 19.4 Å². The van der Waals surface area contributed by atoms with Gasteiger partial charge in [0.25, 0.3) is 5.91 Å². The number of nitrogens with zero attached hydrogens (tertiary/aromatic N) is 7. The number of hydrazine groups is 1. The van der Waals surface area contributed by atoms with Gasteiger partial charge in [0.15, 0.2) is 0 Å². The fraction of sp³-hybridized carbons (Fsp3) is 0.549. The van der Waals surface area contributed by atoms with E-state index in [1.165, 1.54) is 27.3 Å². The summed E-state index contributed by atoms with van der Waals surface area (Å²) in [6.07, 6.45) is 6.08. The second-order valence-electron chi connectivity index (χ2n) is 20.2. The van der Waals surface area contributed by atoms with Gasteiger partial charge in [-0.2, -0.15) is 54.0 Å². The number of carbonyl (C=O) groups is 5. The van der Waals surface area contributed by atoms with Crippen molar-refractivity contribution in [3.63, 3.8) is 0 Å². The normalized spacial score (nSPS) is 20.3. The van der Waals surface area contributed by atoms with Crippen LogP contribution in [0.25, 0.3) is 33.4 Å². The first-order valence-corrected chi connectivity index (χ1v) is 24.9. The first-order chi connectivity index (χ1) is 32.5. The zero-order valence-corrected chi connectivity index (χ0v) is 47.6. The van der Waals surface area contributed by atoms with Gasteiger partial charge in [0.05, 0.1) is 34.8 Å². The molecule has 3 fully saturated rings. The van der Waals surface area contributed by atoms with Crippen LogP contribution in [0, 0.1) is 16.7 Å². The summed E-state index contributed by atoms with van der Waals surface area (Å²) in [5.74, 6) is -1.69. The molecule has 6 bridgehead atoms. The third-order valence-corrected chi connectivity index (χ3v) is 15.3. The van der Waals surface area contributed by atoms with Gasteiger partial charge in [-0.15, -0.1) is 11.3 Å². The van der Waals surface area contributed by atoms with E-state index in [0.29, 0.717) is 63.5 Å². The van der Waals surface area contributed by atoms with Gasteiger partial charge in [0, 0.05) is 104 Å². The lowest BCUT2D eigenvalue weighted by atomic mass is 9.72. The molecule has 2 N–H and O–H groups in total. The first-order valence-electron chi connectivity index (χ1n) is 24.0. The fourth-order valence-electron chi connectivity index (χ4n) is 10.6. The van der Waals surface area contributed by atoms with Gasteiger partial charge in [-0.05, 0) is 87.8 Å². The number of amides is 5. The molecule has 4 aromatic rings. The minimum Gasteiger partial charge on any atom is -0.464 e. The lowest BCUT2D eigenvalue weighted by Gasteiger charge is -2.54. The molecule has 21 heteroatoms. The van der Waals surface area contributed by atoms with Crippen LogP contribution in [0.4, 0.5) is 4.79 Å². The molecule has 5 amide bonds. The number of thiazole rings is 1. The molecule has 0 unspecified atom stereocenters. The van der Waals surface area contributed by atoms with Crippen molar-refractivity contribution in [2.24, 2.45) is 16.7 Å². The standard InChI is InChI=1S/C51H67N9O7S.4H2S/c1-10-42(61)58-28-51(29-58)18-22-57(23-19-51)49(65)56(8)44(31(3)4)46(62)54-38-25-41-53-39(27-68-41)33-16-17-40-35(24-33)36(45(59(40)11-2)34-14-12-20-52-43(34)32(5)66-9)26-50(6,7)30-67-48(64)37-15-13-21-60(55-37)47(38)63;;;;/h10,12,14,16-17,20,24,27,31-32,37-38,44,55H,1,11,13,15,18-19,21-23,25-26,28-30H2,2-9H3,(H,54,62);4*1H2/t32-,37-,38-,44-;;;;/m0..../s1. The molecule has 8 rings (SSSR count). The number of esters is 1. The number of ether oxygens (including phenoxy) is 2. The number of fused-ring (bicyclic) bond motifs is 6. The van der Waals surface area contributed by atoms with Gasteiger partial charge in [-0.3, -0.25) is 29.2 Å². The largest absolute Gasteiger partial charge is 0.464 e. The van der Waals surface area contributed by atoms with Gasteiger partial charge in [0.1, 0.15) is 18.1 Å². The highest BCUT2D eigenvalue weighted by atomic mass is 32.1. The SMILES string of the molecule is C=CC(=O)N1CC2(CCN(C(=O)N(C)[C@H](C(=O)N[C@H]3Cc4nc(cs4)-c4ccc5c(c4)c(c(-c4cccnc4[C@H](C)OC)n5CC)CC(C)(C)COC(=O)[C@@H]4CCCN(N4)C3=O)C(C)C)CC2)C1.S.S.S.S. The summed E-state index contributed by atoms with van der Waals surface area (Å²) in [4.78, 5) is 84.3. The molecule has 72 heavy (non-hydrogen) atoms. The number of aromatic nitrogens is 3. The maximum atomic E-state index is 14.7. The maximum Gasteiger partial charge on any atom is 0.324 e. The molecule has 0 aliphatic carbocycles. The van der Waals surface area contributed by atoms with E-state index >= 15 is 0 Å². The predicted octanol–water partition coefficient (Wildman–Crippen LogP) is 6.84. The quantitative estimate of drug-likeness (QED) is 0.134. The van der Waals surface area contributed by atoms with Crippen molar-refractivity contribution in [3.8, 4) is 22.5 Å². The van der Waals surface area contributed by atoms with Crippen LogP contribution in [0.15, 0.2) is 54.6 Å². The molecule has 4 aliphatic heterocycles. The third-order valence-electron chi connectivity index (χ3n) is 14.4. The third kappa shape index (κ3) is 12.3. The topological polar surface area (TPSA) is 172 Å². The van der Waals surface area contributed by atoms with Crippen LogP contribution in [0.3, 0.4) is 0 Å². The predicted molar refractivity (Wildman–Crippen MR) is 303 cm³/mol. The number of likely N-dealkylation sites (tertiary alicyclic amines) is 2. The zero-order valence-electron chi connectivity index (χ0n) is 42.8. The second-order valence-corrected chi connectivity index (χ2v) is 21.2. The molecule has 396 valence electrons. The molecule has 7 heterocycles. The van der Waals surface area contributed by atoms with Gasteiger partial charge in [-0.25, -0.2) is 15.2 Å². The Morgan fingerprint density at radius 3 is 2.42 bits per heavy atom. The Balaban J connectivity index is 0.00000281. The molecule has 3 saturated heterocycles. The van der Waals surface area contributed by atoms with Crippen molar-refractivity contribution in [3.05, 3.63) is 70.8 Å². The van der Waals surface area contributed by atoms with Crippen molar-refractivity contribution in [2.45, 2.75) is 111 Å². The van der Waals surface area contributed by atoms with Gasteiger partial charge in [-0.1, -0.05) is 40.3 Å². The summed E-state index contributed by atoms with van der Waals surface area (Å²) < 4.78 is 14.3. The van der Waals surface area contributed by atoms with Crippen LogP contribution in [0.2, 0.25) is 0 Å². The van der Waals surface area contributed by atoms with Crippen LogP contribution in [0.1, 0.15) is 89.6 Å². The Hall–Kier alpha value is -4.25. The van der Waals surface area contributed by atoms with Crippen molar-refractivity contribution in [1.29, 1.82) is 0 Å². The fourth-order valence-corrected chi connectivity index (χ4v) is 11.5. The average molecular weight is 1090 g/mol. The monoisotopic (exact) mass is 1090 g/mol. The van der Waals surface area contributed by atoms with Crippen molar-refractivity contribution in [2.75, 3.05) is 53.5 Å². The average Bonchev–Trinajstić information content (AvgIpc) is 3.92. The van der Waals surface area contributed by atoms with Crippen molar-refractivity contribution in [1.82, 2.24) is 45.0 Å². The molecule has 1 spiro atoms. The lowest BCUT2D eigenvalue weighted by Crippen LogP contribution is -2.64. The van der Waals surface area contributed by atoms with Crippen LogP contribution >= 0.6 is 65.3 Å². The van der Waals surface area contributed by atoms with Crippen LogP contribution in [-0.2, 0) is 48.0 Å². The zero-order chi connectivity index (χ0) is 48.7. The summed E-state index contributed by atoms with van der Waals surface area (Å²) in [7, 11) is 3.33. The molecule has 4 atom stereocenters. The Bertz CT molecular complexity index is 2590. The van der Waals surface area contributed by atoms with E-state index in [0.717, 1.165) is 57.5 Å². The summed E-state index contributed by atoms with van der Waals surface area (Å²) in [6.45, 7) is 19.2. The van der Waals surface area contributed by atoms with Crippen molar-refractivity contribution < 1.29 is 33.4 Å². The highest BCUT2D eigenvalue weighted by Gasteiger charge is 2.48. The summed E-state index contributed by atoms with van der Waals surface area (Å²) in [5.41, 5.74) is 9.30. The maximum absolute atomic E-state index is 14.7. The molecule has 0 radical (unpaired) electrons. The van der Waals surface area contributed by atoms with Crippen LogP contribution < -0.4 is 10.7 Å². The molecule has 3 aromatic heterocycles. The van der Waals surface area contributed by atoms with Gasteiger partial charge in [0.2, 0.25) is 11.8 Å². The number of aryl methyl sites for hydroxylation is 1. The number of piperidine rings is 1. The number of hydrogen-bond donors (Lipinski definition) is 2. The second kappa shape index (κ2) is 24.9. The number of benzene rings is 1. The van der Waals surface area contributed by atoms with Crippen LogP contribution in [0.5, 0.6) is 0 Å². The summed E-state index contributed by atoms with van der Waals surface area (Å²) >= 11 is 1.42. The molecule has 0 saturated carbocycles. The number of likely N-dealkylation sites (N-methyl/N-ethyl adjacent to an activating group) is 1. The van der Waals surface area contributed by atoms with Crippen molar-refractivity contribution >= 4 is 106 Å². The number of methoxy groups -OCH3 is 1. The molecule has 16 nitrogen and oxygen atoms in total. The van der Waals surface area contributed by atoms with Gasteiger partial charge >= 0.3 is 12.0 Å². The molecular weight excluding hydrogens is 1010 g/mol. The van der Waals surface area contributed by atoms with E-state index in [1.807, 2.05) is 32.2 Å². The Kier molecular flexibility index (Phi) is 20.8. The number of cyclic esters (lactones) is 1. The summed E-state index contributed by atoms with van der Waals surface area (Å²) in [6, 6.07) is 7.43. The number of rotatable bonds is 9. The lowest BCUT2D eigenvalue weighted by molar-refractivity contribution is -0.155. The number of hydrogen-bond acceptors (Lipinski definition) is 11. The number of carbonyl (C=O) groups excluding carboxylic acids is 5. The number of pyridine rings is 1. The van der Waals surface area contributed by atoms with E-state index in [1.54, 1.807) is 30.2 Å². The highest BCUT2D eigenvalue weighted by molar-refractivity contribution is 7.59. The highest BCUT2D eigenvalue weighted by Crippen LogP contribution is 2.43. The Morgan fingerprint density at radius 1 is 1.06 bits per heavy atom. The van der Waals surface area contributed by atoms with E-state index in [9.17, 15) is 24.0 Å². The number of nitrogens with one attached hydrogen (secondary N) is 2. The first kappa shape index (κ1) is 60.3. The Morgan fingerprint density at radius 2 is 1.76 bits per heavy atom. The van der Waals surface area contributed by atoms with Gasteiger partial charge < -0.3 is 34.1 Å². The molecular formula is C51H75N9O7S5. The van der Waals surface area contributed by atoms with Crippen LogP contribution in [-0.4, -0.2) is 136 Å². The van der Waals surface area contributed by atoms with E-state index < -0.39 is 41.3 Å². The summed E-state index contributed by atoms with van der Waals surface area (Å²) in [5, 5.41) is 8.18. The minimum atomic E-state index is -1.07. The number of urea groups is 1.